The van der Waals surface area contributed by atoms with Crippen molar-refractivity contribution in [2.45, 2.75) is 64.5 Å². The second-order valence-electron chi connectivity index (χ2n) is 9.42. The molecule has 1 aliphatic carbocycles. The van der Waals surface area contributed by atoms with Crippen LogP contribution >= 0.6 is 0 Å². The highest BCUT2D eigenvalue weighted by Gasteiger charge is 2.50. The van der Waals surface area contributed by atoms with Crippen LogP contribution in [0.3, 0.4) is 0 Å². The number of methoxy groups -OCH3 is 1. The third-order valence-corrected chi connectivity index (χ3v) is 7.42. The van der Waals surface area contributed by atoms with Gasteiger partial charge in [-0.2, -0.15) is 0 Å². The van der Waals surface area contributed by atoms with E-state index in [0.29, 0.717) is 6.54 Å². The number of rotatable bonds is 6. The van der Waals surface area contributed by atoms with Crippen molar-refractivity contribution in [2.75, 3.05) is 12.4 Å². The summed E-state index contributed by atoms with van der Waals surface area (Å²) in [5.41, 5.74) is 5.97. The highest BCUT2D eigenvalue weighted by Crippen LogP contribution is 2.51. The number of nitrogens with one attached hydrogen (secondary N) is 1. The maximum absolute atomic E-state index is 13.8. The fourth-order valence-electron chi connectivity index (χ4n) is 5.66. The van der Waals surface area contributed by atoms with E-state index in [1.807, 2.05) is 18.3 Å². The molecular formula is C28H32N4O2. The zero-order chi connectivity index (χ0) is 23.7. The Morgan fingerprint density at radius 3 is 2.59 bits per heavy atom. The van der Waals surface area contributed by atoms with Gasteiger partial charge in [0.15, 0.2) is 0 Å². The molecule has 1 aromatic heterocycles. The van der Waals surface area contributed by atoms with Crippen LogP contribution in [0.15, 0.2) is 48.9 Å². The Morgan fingerprint density at radius 2 is 1.88 bits per heavy atom. The van der Waals surface area contributed by atoms with Gasteiger partial charge in [0.1, 0.15) is 17.9 Å². The first-order chi connectivity index (χ1) is 16.6. The molecule has 1 spiro atoms. The molecular weight excluding hydrogens is 424 g/mol. The summed E-state index contributed by atoms with van der Waals surface area (Å²) in [6.07, 6.45) is 9.77. The number of hydrogen-bond acceptors (Lipinski definition) is 5. The molecule has 0 saturated heterocycles. The number of fused-ring (bicyclic) bond motifs is 2. The minimum Gasteiger partial charge on any atom is -0.497 e. The van der Waals surface area contributed by atoms with E-state index in [1.54, 1.807) is 13.4 Å². The number of anilines is 2. The molecule has 0 radical (unpaired) electrons. The van der Waals surface area contributed by atoms with Crippen molar-refractivity contribution < 1.29 is 9.53 Å². The van der Waals surface area contributed by atoms with Gasteiger partial charge < -0.3 is 15.0 Å². The summed E-state index contributed by atoms with van der Waals surface area (Å²) in [5.74, 6) is 1.80. The van der Waals surface area contributed by atoms with Crippen LogP contribution in [-0.4, -0.2) is 27.9 Å². The fraction of sp³-hybridized carbons (Fsp3) is 0.393. The lowest BCUT2D eigenvalue weighted by Gasteiger charge is -2.42. The van der Waals surface area contributed by atoms with Crippen LogP contribution in [0.2, 0.25) is 0 Å². The molecule has 6 nitrogen and oxygen atoms in total. The number of hydrogen-bond donors (Lipinski definition) is 1. The lowest BCUT2D eigenvalue weighted by molar-refractivity contribution is 0.0387. The maximum Gasteiger partial charge on any atom is 0.255 e. The van der Waals surface area contributed by atoms with Crippen LogP contribution in [0.5, 0.6) is 5.75 Å². The number of nitrogens with zero attached hydrogens (tertiary/aromatic N) is 3. The van der Waals surface area contributed by atoms with Crippen molar-refractivity contribution in [3.8, 4) is 5.75 Å². The first-order valence-electron chi connectivity index (χ1n) is 12.2. The van der Waals surface area contributed by atoms with E-state index in [1.165, 1.54) is 12.0 Å². The summed E-state index contributed by atoms with van der Waals surface area (Å²) in [4.78, 5) is 24.6. The molecule has 1 aliphatic heterocycles. The number of carbonyl (C=O) groups is 1. The Hall–Kier alpha value is -3.41. The lowest BCUT2D eigenvalue weighted by atomic mass is 9.76. The minimum absolute atomic E-state index is 0.146. The summed E-state index contributed by atoms with van der Waals surface area (Å²) in [7, 11) is 1.67. The molecule has 2 aliphatic rings. The van der Waals surface area contributed by atoms with Gasteiger partial charge in [-0.3, -0.25) is 4.79 Å². The van der Waals surface area contributed by atoms with Crippen molar-refractivity contribution in [3.63, 3.8) is 0 Å². The average molecular weight is 457 g/mol. The Balaban J connectivity index is 1.55. The van der Waals surface area contributed by atoms with Crippen molar-refractivity contribution in [3.05, 3.63) is 76.7 Å². The molecule has 0 atom stereocenters. The zero-order valence-corrected chi connectivity index (χ0v) is 20.2. The Morgan fingerprint density at radius 1 is 1.12 bits per heavy atom. The Labute approximate surface area is 201 Å². The monoisotopic (exact) mass is 456 g/mol. The van der Waals surface area contributed by atoms with Gasteiger partial charge in [-0.1, -0.05) is 38.3 Å². The standard InChI is InChI=1S/C28H32N4O2/c1-4-21-16-29-18-30-26(21)31-22-14-19(2)25-24(15-22)28(12-6-5-7-13-28)32(27(25)33)17-20-8-10-23(34-3)11-9-20/h8-11,14-16,18H,4-7,12-13,17H2,1-3H3,(H,29,30,31). The summed E-state index contributed by atoms with van der Waals surface area (Å²) in [6, 6.07) is 12.3. The predicted octanol–water partition coefficient (Wildman–Crippen LogP) is 5.92. The van der Waals surface area contributed by atoms with Gasteiger partial charge in [-0.25, -0.2) is 9.97 Å². The predicted molar refractivity (Wildman–Crippen MR) is 134 cm³/mol. The van der Waals surface area contributed by atoms with Gasteiger partial charge in [0, 0.05) is 29.6 Å². The van der Waals surface area contributed by atoms with Crippen molar-refractivity contribution >= 4 is 17.4 Å². The van der Waals surface area contributed by atoms with Crippen molar-refractivity contribution in [1.82, 2.24) is 14.9 Å². The van der Waals surface area contributed by atoms with Gasteiger partial charge >= 0.3 is 0 Å². The average Bonchev–Trinajstić information content (AvgIpc) is 3.08. The number of benzene rings is 2. The van der Waals surface area contributed by atoms with E-state index in [9.17, 15) is 4.79 Å². The van der Waals surface area contributed by atoms with Gasteiger partial charge in [0.2, 0.25) is 0 Å². The molecule has 2 heterocycles. The molecule has 1 N–H and O–H groups in total. The topological polar surface area (TPSA) is 67.3 Å². The zero-order valence-electron chi connectivity index (χ0n) is 20.2. The summed E-state index contributed by atoms with van der Waals surface area (Å²) >= 11 is 0. The van der Waals surface area contributed by atoms with Crippen LogP contribution in [0, 0.1) is 6.92 Å². The fourth-order valence-corrected chi connectivity index (χ4v) is 5.66. The third-order valence-electron chi connectivity index (χ3n) is 7.42. The molecule has 1 saturated carbocycles. The molecule has 34 heavy (non-hydrogen) atoms. The van der Waals surface area contributed by atoms with Crippen LogP contribution in [0.25, 0.3) is 0 Å². The highest BCUT2D eigenvalue weighted by atomic mass is 16.5. The van der Waals surface area contributed by atoms with E-state index >= 15 is 0 Å². The van der Waals surface area contributed by atoms with Gasteiger partial charge in [0.05, 0.1) is 12.6 Å². The van der Waals surface area contributed by atoms with Gasteiger partial charge in [0.25, 0.3) is 5.91 Å². The highest BCUT2D eigenvalue weighted by molar-refractivity contribution is 6.02. The van der Waals surface area contributed by atoms with E-state index in [2.05, 4.69) is 58.3 Å². The Kier molecular flexibility index (Phi) is 5.98. The maximum atomic E-state index is 13.8. The first-order valence-corrected chi connectivity index (χ1v) is 12.2. The number of aromatic nitrogens is 2. The molecule has 1 amide bonds. The molecule has 6 heteroatoms. The molecule has 1 fully saturated rings. The minimum atomic E-state index is -0.258. The van der Waals surface area contributed by atoms with Gasteiger partial charge in [-0.05, 0) is 67.1 Å². The van der Waals surface area contributed by atoms with E-state index in [-0.39, 0.29) is 11.4 Å². The van der Waals surface area contributed by atoms with Gasteiger partial charge in [-0.15, -0.1) is 0 Å². The van der Waals surface area contributed by atoms with E-state index in [0.717, 1.165) is 71.6 Å². The second kappa shape index (κ2) is 9.09. The molecule has 0 unspecified atom stereocenters. The molecule has 176 valence electrons. The number of amides is 1. The first kappa shape index (κ1) is 22.4. The molecule has 5 rings (SSSR count). The van der Waals surface area contributed by atoms with Crippen molar-refractivity contribution in [2.24, 2.45) is 0 Å². The molecule has 2 aromatic carbocycles. The smallest absolute Gasteiger partial charge is 0.255 e. The van der Waals surface area contributed by atoms with E-state index < -0.39 is 0 Å². The summed E-state index contributed by atoms with van der Waals surface area (Å²) < 4.78 is 5.32. The molecule has 0 bridgehead atoms. The quantitative estimate of drug-likeness (QED) is 0.499. The van der Waals surface area contributed by atoms with Crippen LogP contribution in [0.1, 0.15) is 71.6 Å². The van der Waals surface area contributed by atoms with Crippen LogP contribution < -0.4 is 10.1 Å². The molecule has 3 aromatic rings. The summed E-state index contributed by atoms with van der Waals surface area (Å²) in [6.45, 7) is 4.76. The Bertz CT molecular complexity index is 1200. The van der Waals surface area contributed by atoms with Crippen LogP contribution in [-0.2, 0) is 18.5 Å². The number of carbonyl (C=O) groups excluding carboxylic acids is 1. The van der Waals surface area contributed by atoms with E-state index in [4.69, 9.17) is 4.74 Å². The van der Waals surface area contributed by atoms with Crippen LogP contribution in [0.4, 0.5) is 11.5 Å². The second-order valence-corrected chi connectivity index (χ2v) is 9.42. The largest absolute Gasteiger partial charge is 0.497 e. The third kappa shape index (κ3) is 3.81. The lowest BCUT2D eigenvalue weighted by Crippen LogP contribution is -2.44. The normalized spacial score (nSPS) is 16.6. The number of ether oxygens (including phenoxy) is 1. The van der Waals surface area contributed by atoms with Crippen molar-refractivity contribution in [1.29, 1.82) is 0 Å². The summed E-state index contributed by atoms with van der Waals surface area (Å²) in [5, 5.41) is 3.51. The SMILES string of the molecule is CCc1cncnc1Nc1cc(C)c2c(c1)C1(CCCCC1)N(Cc1ccc(OC)cc1)C2=O. The number of aryl methyl sites for hydroxylation is 2.